The standard InChI is InChI=1S/C30H32BrClN2O3/c1-21-17-25(15-16-26(21)31)37-20-29(35)34(19-23-11-5-8-14-27(23)32)28(18-22-9-3-2-4-10-22)30(36)33-24-12-6-7-13-24/h2-5,8-11,14-17,24,28H,6-7,12-13,18-20H2,1H3,(H,33,36)/t28-/m0/s1. The Kier molecular flexibility index (Phi) is 9.64. The molecule has 194 valence electrons. The van der Waals surface area contributed by atoms with Crippen LogP contribution in [0.4, 0.5) is 0 Å². The van der Waals surface area contributed by atoms with Gasteiger partial charge >= 0.3 is 0 Å². The lowest BCUT2D eigenvalue weighted by Crippen LogP contribution is -2.53. The van der Waals surface area contributed by atoms with Gasteiger partial charge in [0.1, 0.15) is 11.8 Å². The average molecular weight is 584 g/mol. The van der Waals surface area contributed by atoms with E-state index in [0.717, 1.165) is 46.8 Å². The first-order valence-electron chi connectivity index (χ1n) is 12.7. The second kappa shape index (κ2) is 13.1. The fourth-order valence-electron chi connectivity index (χ4n) is 4.67. The summed E-state index contributed by atoms with van der Waals surface area (Å²) in [4.78, 5) is 29.0. The van der Waals surface area contributed by atoms with Gasteiger partial charge in [-0.1, -0.05) is 88.9 Å². The van der Waals surface area contributed by atoms with Crippen LogP contribution in [-0.4, -0.2) is 35.4 Å². The Balaban J connectivity index is 1.62. The molecular formula is C30H32BrClN2O3. The largest absolute Gasteiger partial charge is 0.484 e. The summed E-state index contributed by atoms with van der Waals surface area (Å²) in [5.41, 5.74) is 2.77. The Morgan fingerprint density at radius 2 is 1.76 bits per heavy atom. The van der Waals surface area contributed by atoms with Crippen molar-refractivity contribution in [3.63, 3.8) is 0 Å². The number of hydrogen-bond donors (Lipinski definition) is 1. The summed E-state index contributed by atoms with van der Waals surface area (Å²) in [6.45, 7) is 1.98. The van der Waals surface area contributed by atoms with Gasteiger partial charge in [0.25, 0.3) is 5.91 Å². The van der Waals surface area contributed by atoms with Crippen LogP contribution in [0.1, 0.15) is 42.4 Å². The number of amides is 2. The fourth-order valence-corrected chi connectivity index (χ4v) is 5.11. The van der Waals surface area contributed by atoms with Gasteiger partial charge in [-0.25, -0.2) is 0 Å². The molecule has 0 heterocycles. The topological polar surface area (TPSA) is 58.6 Å². The molecule has 1 aliphatic carbocycles. The molecule has 0 radical (unpaired) electrons. The number of rotatable bonds is 10. The van der Waals surface area contributed by atoms with E-state index < -0.39 is 6.04 Å². The zero-order valence-electron chi connectivity index (χ0n) is 21.0. The number of hydrogen-bond acceptors (Lipinski definition) is 3. The van der Waals surface area contributed by atoms with E-state index in [1.165, 1.54) is 0 Å². The highest BCUT2D eigenvalue weighted by atomic mass is 79.9. The average Bonchev–Trinajstić information content (AvgIpc) is 3.41. The van der Waals surface area contributed by atoms with Gasteiger partial charge in [0.05, 0.1) is 0 Å². The number of halogens is 2. The van der Waals surface area contributed by atoms with Crippen LogP contribution >= 0.6 is 27.5 Å². The molecule has 3 aromatic rings. The molecule has 1 N–H and O–H groups in total. The maximum Gasteiger partial charge on any atom is 0.261 e. The number of carbonyl (C=O) groups excluding carboxylic acids is 2. The lowest BCUT2D eigenvalue weighted by molar-refractivity contribution is -0.143. The molecule has 3 aromatic carbocycles. The second-order valence-corrected chi connectivity index (χ2v) is 10.8. The Morgan fingerprint density at radius 3 is 2.46 bits per heavy atom. The van der Waals surface area contributed by atoms with Crippen LogP contribution in [0.5, 0.6) is 5.75 Å². The number of aryl methyl sites for hydroxylation is 1. The minimum absolute atomic E-state index is 0.143. The predicted molar refractivity (Wildman–Crippen MR) is 151 cm³/mol. The molecule has 37 heavy (non-hydrogen) atoms. The minimum atomic E-state index is -0.706. The first-order chi connectivity index (χ1) is 17.9. The molecule has 5 nitrogen and oxygen atoms in total. The van der Waals surface area contributed by atoms with Gasteiger partial charge in [-0.3, -0.25) is 9.59 Å². The molecule has 1 aliphatic rings. The van der Waals surface area contributed by atoms with Crippen molar-refractivity contribution in [2.45, 2.75) is 57.7 Å². The van der Waals surface area contributed by atoms with E-state index in [1.54, 1.807) is 11.0 Å². The number of carbonyl (C=O) groups is 2. The first-order valence-corrected chi connectivity index (χ1v) is 13.8. The Bertz CT molecular complexity index is 1210. The summed E-state index contributed by atoms with van der Waals surface area (Å²) in [6, 6.07) is 22.2. The monoisotopic (exact) mass is 582 g/mol. The number of nitrogens with one attached hydrogen (secondary N) is 1. The molecule has 0 unspecified atom stereocenters. The molecule has 2 amide bonds. The molecule has 0 saturated heterocycles. The van der Waals surface area contributed by atoms with Crippen LogP contribution in [0.25, 0.3) is 0 Å². The fraction of sp³-hybridized carbons (Fsp3) is 0.333. The number of ether oxygens (including phenoxy) is 1. The van der Waals surface area contributed by atoms with Crippen LogP contribution in [0.15, 0.2) is 77.3 Å². The summed E-state index contributed by atoms with van der Waals surface area (Å²) in [6.07, 6.45) is 4.55. The van der Waals surface area contributed by atoms with E-state index in [0.29, 0.717) is 17.2 Å². The molecule has 1 saturated carbocycles. The van der Waals surface area contributed by atoms with E-state index in [1.807, 2.05) is 73.7 Å². The van der Waals surface area contributed by atoms with Crippen molar-refractivity contribution < 1.29 is 14.3 Å². The van der Waals surface area contributed by atoms with Crippen molar-refractivity contribution in [3.8, 4) is 5.75 Å². The minimum Gasteiger partial charge on any atom is -0.484 e. The van der Waals surface area contributed by atoms with Crippen LogP contribution in [-0.2, 0) is 22.6 Å². The van der Waals surface area contributed by atoms with Crippen LogP contribution in [0.3, 0.4) is 0 Å². The Hall–Kier alpha value is -2.83. The van der Waals surface area contributed by atoms with Gasteiger partial charge in [0.15, 0.2) is 6.61 Å². The third kappa shape index (κ3) is 7.59. The van der Waals surface area contributed by atoms with E-state index in [-0.39, 0.29) is 31.0 Å². The number of benzene rings is 3. The highest BCUT2D eigenvalue weighted by molar-refractivity contribution is 9.10. The van der Waals surface area contributed by atoms with E-state index in [9.17, 15) is 9.59 Å². The van der Waals surface area contributed by atoms with Gasteiger partial charge in [0.2, 0.25) is 5.91 Å². The summed E-state index contributed by atoms with van der Waals surface area (Å²) in [5, 5.41) is 3.77. The molecule has 1 atom stereocenters. The van der Waals surface area contributed by atoms with Gasteiger partial charge in [0, 0.05) is 28.5 Å². The molecule has 0 aromatic heterocycles. The van der Waals surface area contributed by atoms with Crippen LogP contribution in [0, 0.1) is 6.92 Å². The lowest BCUT2D eigenvalue weighted by atomic mass is 10.0. The quantitative estimate of drug-likeness (QED) is 0.297. The third-order valence-corrected chi connectivity index (χ3v) is 8.02. The van der Waals surface area contributed by atoms with Crippen LogP contribution in [0.2, 0.25) is 5.02 Å². The molecule has 1 fully saturated rings. The van der Waals surface area contributed by atoms with Crippen molar-refractivity contribution in [2.75, 3.05) is 6.61 Å². The smallest absolute Gasteiger partial charge is 0.261 e. The Labute approximate surface area is 232 Å². The highest BCUT2D eigenvalue weighted by Crippen LogP contribution is 2.24. The van der Waals surface area contributed by atoms with Crippen molar-refractivity contribution in [1.82, 2.24) is 10.2 Å². The van der Waals surface area contributed by atoms with E-state index in [4.69, 9.17) is 16.3 Å². The van der Waals surface area contributed by atoms with Gasteiger partial charge < -0.3 is 15.0 Å². The first kappa shape index (κ1) is 27.2. The summed E-state index contributed by atoms with van der Waals surface area (Å²) in [7, 11) is 0. The van der Waals surface area contributed by atoms with Crippen molar-refractivity contribution >= 4 is 39.3 Å². The normalized spacial score (nSPS) is 14.2. The molecule has 0 bridgehead atoms. The molecule has 0 spiro atoms. The van der Waals surface area contributed by atoms with Crippen molar-refractivity contribution in [3.05, 3.63) is 99.0 Å². The van der Waals surface area contributed by atoms with Gasteiger partial charge in [-0.05, 0) is 60.7 Å². The lowest BCUT2D eigenvalue weighted by Gasteiger charge is -2.32. The summed E-state index contributed by atoms with van der Waals surface area (Å²) >= 11 is 9.98. The SMILES string of the molecule is Cc1cc(OCC(=O)N(Cc2ccccc2Cl)[C@@H](Cc2ccccc2)C(=O)NC2CCCC2)ccc1Br. The predicted octanol–water partition coefficient (Wildman–Crippen LogP) is 6.49. The summed E-state index contributed by atoms with van der Waals surface area (Å²) in [5.74, 6) is 0.181. The van der Waals surface area contributed by atoms with E-state index in [2.05, 4.69) is 21.2 Å². The highest BCUT2D eigenvalue weighted by Gasteiger charge is 2.32. The maximum absolute atomic E-state index is 13.7. The number of nitrogens with zero attached hydrogens (tertiary/aromatic N) is 1. The Morgan fingerprint density at radius 1 is 1.05 bits per heavy atom. The zero-order chi connectivity index (χ0) is 26.2. The maximum atomic E-state index is 13.7. The molecule has 0 aliphatic heterocycles. The van der Waals surface area contributed by atoms with Crippen molar-refractivity contribution in [1.29, 1.82) is 0 Å². The molecular weight excluding hydrogens is 552 g/mol. The van der Waals surface area contributed by atoms with E-state index >= 15 is 0 Å². The second-order valence-electron chi connectivity index (χ2n) is 9.51. The summed E-state index contributed by atoms with van der Waals surface area (Å²) < 4.78 is 6.86. The van der Waals surface area contributed by atoms with Gasteiger partial charge in [-0.15, -0.1) is 0 Å². The zero-order valence-corrected chi connectivity index (χ0v) is 23.3. The van der Waals surface area contributed by atoms with Gasteiger partial charge in [-0.2, -0.15) is 0 Å². The molecule has 7 heteroatoms. The van der Waals surface area contributed by atoms with Crippen molar-refractivity contribution in [2.24, 2.45) is 0 Å². The third-order valence-electron chi connectivity index (χ3n) is 6.76. The van der Waals surface area contributed by atoms with Crippen LogP contribution < -0.4 is 10.1 Å². The molecule has 4 rings (SSSR count).